The van der Waals surface area contributed by atoms with Crippen LogP contribution in [0, 0.1) is 0 Å². The number of amides is 2. The summed E-state index contributed by atoms with van der Waals surface area (Å²) in [5.74, 6) is 0.898. The van der Waals surface area contributed by atoms with Gasteiger partial charge in [0, 0.05) is 11.8 Å². The van der Waals surface area contributed by atoms with Gasteiger partial charge in [0.25, 0.3) is 11.8 Å². The number of nitrogens with zero attached hydrogens (tertiary/aromatic N) is 1. The van der Waals surface area contributed by atoms with Crippen molar-refractivity contribution in [2.75, 3.05) is 12.3 Å². The fourth-order valence-corrected chi connectivity index (χ4v) is 4.67. The summed E-state index contributed by atoms with van der Waals surface area (Å²) in [6.45, 7) is 0.553. The standard InChI is InChI=1S/C18H23NO2S/c20-17-15-10-4-5-11-16(15)18(21)19(17)12-6-7-13-22-14-8-2-1-3-9-14/h4-5,10-11,14H,1-3,6-9,12-13H2. The lowest BCUT2D eigenvalue weighted by molar-refractivity contribution is 0.0652. The van der Waals surface area contributed by atoms with Gasteiger partial charge >= 0.3 is 0 Å². The van der Waals surface area contributed by atoms with Gasteiger partial charge in [-0.2, -0.15) is 11.8 Å². The monoisotopic (exact) mass is 317 g/mol. The lowest BCUT2D eigenvalue weighted by Crippen LogP contribution is -2.30. The molecule has 1 fully saturated rings. The first-order chi connectivity index (χ1) is 10.8. The van der Waals surface area contributed by atoms with Crippen LogP contribution < -0.4 is 0 Å². The molecular weight excluding hydrogens is 294 g/mol. The minimum atomic E-state index is -0.125. The maximum atomic E-state index is 12.2. The van der Waals surface area contributed by atoms with Gasteiger partial charge in [-0.3, -0.25) is 14.5 Å². The van der Waals surface area contributed by atoms with Crippen LogP contribution in [0.4, 0.5) is 0 Å². The summed E-state index contributed by atoms with van der Waals surface area (Å²) in [5.41, 5.74) is 1.12. The number of carbonyl (C=O) groups is 2. The molecule has 0 aromatic heterocycles. The Hall–Kier alpha value is -1.29. The molecule has 118 valence electrons. The van der Waals surface area contributed by atoms with Crippen molar-refractivity contribution in [1.29, 1.82) is 0 Å². The van der Waals surface area contributed by atoms with E-state index in [1.54, 1.807) is 12.1 Å². The van der Waals surface area contributed by atoms with Crippen LogP contribution in [0.15, 0.2) is 24.3 Å². The average molecular weight is 317 g/mol. The van der Waals surface area contributed by atoms with Crippen molar-refractivity contribution in [2.24, 2.45) is 0 Å². The molecule has 22 heavy (non-hydrogen) atoms. The number of thioether (sulfide) groups is 1. The summed E-state index contributed by atoms with van der Waals surface area (Å²) in [6, 6.07) is 7.12. The maximum absolute atomic E-state index is 12.2. The molecule has 0 spiro atoms. The van der Waals surface area contributed by atoms with Crippen LogP contribution in [0.2, 0.25) is 0 Å². The second-order valence-corrected chi connectivity index (χ2v) is 7.55. The predicted molar refractivity (Wildman–Crippen MR) is 90.4 cm³/mol. The third-order valence-corrected chi connectivity index (χ3v) is 6.03. The Balaban J connectivity index is 1.41. The van der Waals surface area contributed by atoms with Crippen LogP contribution in [0.1, 0.15) is 65.7 Å². The van der Waals surface area contributed by atoms with E-state index in [0.29, 0.717) is 17.7 Å². The lowest BCUT2D eigenvalue weighted by atomic mass is 10.0. The highest BCUT2D eigenvalue weighted by Crippen LogP contribution is 2.29. The number of benzene rings is 1. The van der Waals surface area contributed by atoms with Crippen LogP contribution in [-0.2, 0) is 0 Å². The van der Waals surface area contributed by atoms with Crippen molar-refractivity contribution in [3.8, 4) is 0 Å². The molecule has 2 amide bonds. The van der Waals surface area contributed by atoms with Crippen LogP contribution in [0.5, 0.6) is 0 Å². The molecule has 1 aromatic rings. The van der Waals surface area contributed by atoms with Gasteiger partial charge in [-0.15, -0.1) is 0 Å². The Kier molecular flexibility index (Phi) is 5.19. The zero-order valence-electron chi connectivity index (χ0n) is 12.9. The molecule has 3 rings (SSSR count). The van der Waals surface area contributed by atoms with Gasteiger partial charge in [0.2, 0.25) is 0 Å². The van der Waals surface area contributed by atoms with Crippen LogP contribution in [-0.4, -0.2) is 34.3 Å². The van der Waals surface area contributed by atoms with Crippen molar-refractivity contribution in [3.05, 3.63) is 35.4 Å². The fourth-order valence-electron chi connectivity index (χ4n) is 3.30. The van der Waals surface area contributed by atoms with E-state index in [4.69, 9.17) is 0 Å². The number of carbonyl (C=O) groups excluding carboxylic acids is 2. The molecule has 2 aliphatic rings. The number of hydrogen-bond acceptors (Lipinski definition) is 3. The summed E-state index contributed by atoms with van der Waals surface area (Å²) < 4.78 is 0. The minimum Gasteiger partial charge on any atom is -0.274 e. The highest BCUT2D eigenvalue weighted by molar-refractivity contribution is 7.99. The highest BCUT2D eigenvalue weighted by atomic mass is 32.2. The van der Waals surface area contributed by atoms with Crippen LogP contribution >= 0.6 is 11.8 Å². The second kappa shape index (κ2) is 7.32. The smallest absolute Gasteiger partial charge is 0.261 e. The molecule has 0 bridgehead atoms. The topological polar surface area (TPSA) is 37.4 Å². The molecule has 0 saturated heterocycles. The average Bonchev–Trinajstić information content (AvgIpc) is 2.81. The number of unbranched alkanes of at least 4 members (excludes halogenated alkanes) is 1. The summed E-state index contributed by atoms with van der Waals surface area (Å²) in [5, 5.41) is 0.841. The third-order valence-electron chi connectivity index (χ3n) is 4.56. The molecule has 1 aliphatic heterocycles. The molecular formula is C18H23NO2S. The third kappa shape index (κ3) is 3.37. The molecule has 1 heterocycles. The first-order valence-corrected chi connectivity index (χ1v) is 9.39. The van der Waals surface area contributed by atoms with Gasteiger partial charge < -0.3 is 0 Å². The zero-order valence-corrected chi connectivity index (χ0v) is 13.7. The van der Waals surface area contributed by atoms with Gasteiger partial charge in [0.1, 0.15) is 0 Å². The quantitative estimate of drug-likeness (QED) is 0.585. The molecule has 1 saturated carbocycles. The van der Waals surface area contributed by atoms with Crippen LogP contribution in [0.3, 0.4) is 0 Å². The first kappa shape index (κ1) is 15.6. The largest absolute Gasteiger partial charge is 0.274 e. The van der Waals surface area contributed by atoms with E-state index in [0.717, 1.165) is 23.8 Å². The first-order valence-electron chi connectivity index (χ1n) is 8.34. The Labute approximate surface area is 136 Å². The van der Waals surface area contributed by atoms with Gasteiger partial charge in [0.15, 0.2) is 0 Å². The summed E-state index contributed by atoms with van der Waals surface area (Å²) in [7, 11) is 0. The normalized spacial score (nSPS) is 18.8. The Bertz CT molecular complexity index is 517. The van der Waals surface area contributed by atoms with Crippen molar-refractivity contribution >= 4 is 23.6 Å². The summed E-state index contributed by atoms with van der Waals surface area (Å²) >= 11 is 2.08. The van der Waals surface area contributed by atoms with E-state index >= 15 is 0 Å². The molecule has 1 aliphatic carbocycles. The molecule has 1 aromatic carbocycles. The van der Waals surface area contributed by atoms with Crippen molar-refractivity contribution in [1.82, 2.24) is 4.90 Å². The number of fused-ring (bicyclic) bond motifs is 1. The molecule has 0 unspecified atom stereocenters. The zero-order chi connectivity index (χ0) is 15.4. The van der Waals surface area contributed by atoms with Crippen molar-refractivity contribution in [3.63, 3.8) is 0 Å². The SMILES string of the molecule is O=C1c2ccccc2C(=O)N1CCCCSC1CCCCC1. The fraction of sp³-hybridized carbons (Fsp3) is 0.556. The predicted octanol–water partition coefficient (Wildman–Crippen LogP) is 4.13. The van der Waals surface area contributed by atoms with Gasteiger partial charge in [-0.05, 0) is 43.6 Å². The van der Waals surface area contributed by atoms with E-state index in [9.17, 15) is 9.59 Å². The molecule has 4 heteroatoms. The minimum absolute atomic E-state index is 0.125. The Morgan fingerprint density at radius 3 is 2.23 bits per heavy atom. The van der Waals surface area contributed by atoms with E-state index in [-0.39, 0.29) is 11.8 Å². The molecule has 3 nitrogen and oxygen atoms in total. The maximum Gasteiger partial charge on any atom is 0.261 e. The summed E-state index contributed by atoms with van der Waals surface area (Å²) in [6.07, 6.45) is 8.88. The van der Waals surface area contributed by atoms with E-state index in [1.807, 2.05) is 12.1 Å². The molecule has 0 N–H and O–H groups in total. The Morgan fingerprint density at radius 2 is 1.59 bits per heavy atom. The number of rotatable bonds is 6. The molecule has 0 radical (unpaired) electrons. The van der Waals surface area contributed by atoms with Crippen molar-refractivity contribution in [2.45, 2.75) is 50.2 Å². The van der Waals surface area contributed by atoms with E-state index in [1.165, 1.54) is 37.0 Å². The van der Waals surface area contributed by atoms with Gasteiger partial charge in [-0.25, -0.2) is 0 Å². The van der Waals surface area contributed by atoms with E-state index in [2.05, 4.69) is 11.8 Å². The van der Waals surface area contributed by atoms with Gasteiger partial charge in [-0.1, -0.05) is 31.4 Å². The highest BCUT2D eigenvalue weighted by Gasteiger charge is 2.34. The lowest BCUT2D eigenvalue weighted by Gasteiger charge is -2.21. The number of imide groups is 1. The second-order valence-electron chi connectivity index (χ2n) is 6.15. The molecule has 0 atom stereocenters. The van der Waals surface area contributed by atoms with Crippen molar-refractivity contribution < 1.29 is 9.59 Å². The van der Waals surface area contributed by atoms with Gasteiger partial charge in [0.05, 0.1) is 11.1 Å². The van der Waals surface area contributed by atoms with E-state index < -0.39 is 0 Å². The Morgan fingerprint density at radius 1 is 0.955 bits per heavy atom. The summed E-state index contributed by atoms with van der Waals surface area (Å²) in [4.78, 5) is 25.8. The number of hydrogen-bond donors (Lipinski definition) is 0. The van der Waals surface area contributed by atoms with Crippen LogP contribution in [0.25, 0.3) is 0 Å².